The second-order valence-electron chi connectivity index (χ2n) is 8.77. The van der Waals surface area contributed by atoms with Crippen molar-refractivity contribution in [2.75, 3.05) is 11.4 Å². The van der Waals surface area contributed by atoms with Crippen molar-refractivity contribution in [1.29, 1.82) is 10.8 Å². The largest absolute Gasteiger partial charge is 0.325 e. The van der Waals surface area contributed by atoms with Gasteiger partial charge in [0, 0.05) is 17.8 Å². The summed E-state index contributed by atoms with van der Waals surface area (Å²) in [6.07, 6.45) is -1.18. The highest BCUT2D eigenvalue weighted by atomic mass is 35.5. The lowest BCUT2D eigenvalue weighted by Crippen LogP contribution is -2.33. The highest BCUT2D eigenvalue weighted by Gasteiger charge is 2.28. The molecule has 1 aromatic heterocycles. The van der Waals surface area contributed by atoms with Gasteiger partial charge in [-0.1, -0.05) is 29.5 Å². The first-order valence-electron chi connectivity index (χ1n) is 10.7. The van der Waals surface area contributed by atoms with Crippen LogP contribution in [0.5, 0.6) is 0 Å². The average Bonchev–Trinajstić information content (AvgIpc) is 2.78. The lowest BCUT2D eigenvalue weighted by atomic mass is 9.92. The zero-order valence-electron chi connectivity index (χ0n) is 18.9. The van der Waals surface area contributed by atoms with Crippen LogP contribution in [-0.2, 0) is 6.42 Å². The van der Waals surface area contributed by atoms with Crippen LogP contribution in [0, 0.1) is 33.9 Å². The lowest BCUT2D eigenvalue weighted by Gasteiger charge is -2.32. The van der Waals surface area contributed by atoms with Crippen molar-refractivity contribution in [2.24, 2.45) is 5.41 Å². The van der Waals surface area contributed by atoms with Gasteiger partial charge in [-0.05, 0) is 63.4 Å². The quantitative estimate of drug-likeness (QED) is 0.270. The summed E-state index contributed by atoms with van der Waals surface area (Å²) in [5.74, 6) is 5.35. The van der Waals surface area contributed by atoms with Crippen LogP contribution in [0.25, 0.3) is 10.9 Å². The van der Waals surface area contributed by atoms with E-state index in [1.807, 2.05) is 11.0 Å². The molecule has 0 unspecified atom stereocenters. The molecule has 2 heterocycles. The van der Waals surface area contributed by atoms with Crippen molar-refractivity contribution in [1.82, 2.24) is 9.55 Å². The van der Waals surface area contributed by atoms with Crippen molar-refractivity contribution >= 4 is 39.8 Å². The van der Waals surface area contributed by atoms with Gasteiger partial charge in [0.05, 0.1) is 21.3 Å². The molecule has 2 aromatic carbocycles. The van der Waals surface area contributed by atoms with E-state index in [0.29, 0.717) is 41.7 Å². The van der Waals surface area contributed by atoms with Gasteiger partial charge < -0.3 is 4.90 Å². The molecular weight excluding hydrogens is 463 g/mol. The van der Waals surface area contributed by atoms with Crippen LogP contribution in [0.2, 0.25) is 5.02 Å². The zero-order chi connectivity index (χ0) is 24.8. The fourth-order valence-electron chi connectivity index (χ4n) is 4.04. The van der Waals surface area contributed by atoms with Gasteiger partial charge in [0.15, 0.2) is 0 Å². The van der Waals surface area contributed by atoms with Gasteiger partial charge in [0.1, 0.15) is 17.5 Å². The van der Waals surface area contributed by atoms with E-state index in [-0.39, 0.29) is 16.5 Å². The number of anilines is 2. The Morgan fingerprint density at radius 2 is 1.97 bits per heavy atom. The van der Waals surface area contributed by atoms with E-state index < -0.39 is 17.7 Å². The fraction of sp³-hybridized carbons (Fsp3) is 0.320. The van der Waals surface area contributed by atoms with E-state index in [1.54, 1.807) is 12.1 Å². The highest BCUT2D eigenvalue weighted by molar-refractivity contribution is 6.36. The Balaban J connectivity index is 1.95. The second-order valence-corrected chi connectivity index (χ2v) is 9.14. The molecule has 9 heteroatoms. The molecule has 0 atom stereocenters. The number of hydrogen-bond acceptors (Lipinski definition) is 4. The average molecular weight is 486 g/mol. The summed E-state index contributed by atoms with van der Waals surface area (Å²) in [7, 11) is 0. The normalized spacial score (nSPS) is 13.6. The van der Waals surface area contributed by atoms with E-state index in [0.717, 1.165) is 11.3 Å². The van der Waals surface area contributed by atoms with Crippen molar-refractivity contribution in [3.8, 4) is 11.8 Å². The SMILES string of the molecule is CC(=N)n1c(=N)nc(N2CCCc3c(C#CC(C)(C)C(F)F)cccc32)c2c(Cl)c(F)ccc21. The molecule has 1 aliphatic heterocycles. The third-order valence-electron chi connectivity index (χ3n) is 5.87. The van der Waals surface area contributed by atoms with Gasteiger partial charge in [0.25, 0.3) is 6.43 Å². The lowest BCUT2D eigenvalue weighted by molar-refractivity contribution is 0.0570. The minimum absolute atomic E-state index is 0.0509. The van der Waals surface area contributed by atoms with Crippen LogP contribution in [0.4, 0.5) is 24.7 Å². The van der Waals surface area contributed by atoms with Crippen LogP contribution in [-0.4, -0.2) is 28.4 Å². The molecule has 3 aromatic rings. The number of benzene rings is 2. The molecule has 0 saturated heterocycles. The number of hydrogen-bond donors (Lipinski definition) is 2. The molecule has 4 rings (SSSR count). The monoisotopic (exact) mass is 485 g/mol. The molecule has 0 amide bonds. The van der Waals surface area contributed by atoms with E-state index in [2.05, 4.69) is 16.8 Å². The molecule has 0 spiro atoms. The summed E-state index contributed by atoms with van der Waals surface area (Å²) in [4.78, 5) is 6.27. The van der Waals surface area contributed by atoms with Crippen LogP contribution in [0.1, 0.15) is 38.3 Å². The topological polar surface area (TPSA) is 68.8 Å². The number of halogens is 4. The summed E-state index contributed by atoms with van der Waals surface area (Å²) in [5.41, 5.74) is 1.04. The molecule has 2 N–H and O–H groups in total. The smallest absolute Gasteiger partial charge is 0.254 e. The molecule has 34 heavy (non-hydrogen) atoms. The van der Waals surface area contributed by atoms with Crippen LogP contribution in [0.15, 0.2) is 30.3 Å². The predicted molar refractivity (Wildman–Crippen MR) is 128 cm³/mol. The highest BCUT2D eigenvalue weighted by Crippen LogP contribution is 2.39. The van der Waals surface area contributed by atoms with Gasteiger partial charge in [-0.2, -0.15) is 4.98 Å². The Bertz CT molecular complexity index is 1430. The summed E-state index contributed by atoms with van der Waals surface area (Å²) in [6.45, 7) is 4.85. The van der Waals surface area contributed by atoms with E-state index in [4.69, 9.17) is 22.4 Å². The number of nitrogens with zero attached hydrogens (tertiary/aromatic N) is 3. The Morgan fingerprint density at radius 1 is 1.24 bits per heavy atom. The number of fused-ring (bicyclic) bond motifs is 2. The molecule has 1 aliphatic rings. The summed E-state index contributed by atoms with van der Waals surface area (Å²) in [6, 6.07) is 8.13. The number of alkyl halides is 2. The van der Waals surface area contributed by atoms with Crippen molar-refractivity contribution in [2.45, 2.75) is 40.0 Å². The minimum Gasteiger partial charge on any atom is -0.325 e. The molecule has 0 aliphatic carbocycles. The van der Waals surface area contributed by atoms with E-state index >= 15 is 0 Å². The fourth-order valence-corrected chi connectivity index (χ4v) is 4.28. The molecule has 0 radical (unpaired) electrons. The molecule has 5 nitrogen and oxygen atoms in total. The van der Waals surface area contributed by atoms with Gasteiger partial charge in [0.2, 0.25) is 5.62 Å². The number of rotatable bonds is 2. The van der Waals surface area contributed by atoms with E-state index in [1.165, 1.54) is 37.5 Å². The maximum atomic E-state index is 14.5. The molecule has 0 bridgehead atoms. The van der Waals surface area contributed by atoms with Gasteiger partial charge in [-0.25, -0.2) is 13.2 Å². The van der Waals surface area contributed by atoms with Gasteiger partial charge in [-0.3, -0.25) is 15.4 Å². The first-order chi connectivity index (χ1) is 16.0. The van der Waals surface area contributed by atoms with E-state index in [9.17, 15) is 13.2 Å². The Labute approximate surface area is 200 Å². The Morgan fingerprint density at radius 3 is 2.65 bits per heavy atom. The molecule has 0 fully saturated rings. The number of aromatic nitrogens is 2. The van der Waals surface area contributed by atoms with Crippen LogP contribution in [0.3, 0.4) is 0 Å². The second kappa shape index (κ2) is 8.80. The molecule has 176 valence electrons. The summed E-state index contributed by atoms with van der Waals surface area (Å²) >= 11 is 6.39. The first-order valence-corrected chi connectivity index (χ1v) is 11.1. The van der Waals surface area contributed by atoms with Crippen molar-refractivity contribution in [3.63, 3.8) is 0 Å². The van der Waals surface area contributed by atoms with Crippen molar-refractivity contribution in [3.05, 3.63) is 57.9 Å². The summed E-state index contributed by atoms with van der Waals surface area (Å²) < 4.78 is 42.4. The number of nitrogens with one attached hydrogen (secondary N) is 2. The standard InChI is InChI=1S/C25H23ClF3N5/c1-14(30)34-19-10-9-17(27)21(26)20(19)22(32-24(34)31)33-13-5-7-16-15(6-4-8-18(16)33)11-12-25(2,3)23(28)29/h4,6,8-10,23,30-31H,5,7,13H2,1-3H3. The molecular formula is C25H23ClF3N5. The third kappa shape index (κ3) is 4.05. The zero-order valence-corrected chi connectivity index (χ0v) is 19.7. The van der Waals surface area contributed by atoms with Crippen molar-refractivity contribution < 1.29 is 13.2 Å². The Hall–Kier alpha value is -3.31. The Kier molecular flexibility index (Phi) is 6.17. The van der Waals surface area contributed by atoms with Crippen LogP contribution >= 0.6 is 11.6 Å². The minimum atomic E-state index is -2.58. The maximum Gasteiger partial charge on any atom is 0.254 e. The van der Waals surface area contributed by atoms with Gasteiger partial charge >= 0.3 is 0 Å². The predicted octanol–water partition coefficient (Wildman–Crippen LogP) is 5.88. The first kappa shape index (κ1) is 23.8. The third-order valence-corrected chi connectivity index (χ3v) is 6.24. The summed E-state index contributed by atoms with van der Waals surface area (Å²) in [5, 5.41) is 16.6. The van der Waals surface area contributed by atoms with Crippen LogP contribution < -0.4 is 10.5 Å². The van der Waals surface area contributed by atoms with Gasteiger partial charge in [-0.15, -0.1) is 0 Å². The maximum absolute atomic E-state index is 14.5. The molecule has 0 saturated carbocycles.